The normalized spacial score (nSPS) is 9.77. The summed E-state index contributed by atoms with van der Waals surface area (Å²) in [7, 11) is 0. The molecule has 2 rings (SSSR count). The Balaban J connectivity index is 2.57. The van der Waals surface area contributed by atoms with E-state index in [4.69, 9.17) is 6.57 Å². The minimum Gasteiger partial charge on any atom is -0.312 e. The van der Waals surface area contributed by atoms with Crippen LogP contribution in [0.3, 0.4) is 0 Å². The Hall–Kier alpha value is -1.95. The molecule has 0 N–H and O–H groups in total. The van der Waals surface area contributed by atoms with Crippen LogP contribution in [-0.2, 0) is 6.54 Å². The van der Waals surface area contributed by atoms with Gasteiger partial charge in [0.2, 0.25) is 6.54 Å². The van der Waals surface area contributed by atoms with E-state index in [0.29, 0.717) is 6.54 Å². The minimum absolute atomic E-state index is 0.429. The maximum Gasteiger partial charge on any atom is 0.239 e. The molecule has 3 heteroatoms. The molecule has 0 unspecified atom stereocenters. The summed E-state index contributed by atoms with van der Waals surface area (Å²) in [6.45, 7) is 7.17. The van der Waals surface area contributed by atoms with Gasteiger partial charge in [-0.3, -0.25) is 0 Å². The molecule has 0 aliphatic rings. The van der Waals surface area contributed by atoms with Crippen molar-refractivity contribution in [3.63, 3.8) is 0 Å². The van der Waals surface area contributed by atoms with E-state index in [1.54, 1.807) is 12.4 Å². The zero-order valence-electron chi connectivity index (χ0n) is 6.94. The van der Waals surface area contributed by atoms with Crippen molar-refractivity contribution in [2.45, 2.75) is 6.54 Å². The van der Waals surface area contributed by atoms with Crippen LogP contribution in [0.5, 0.6) is 0 Å². The second-order valence-corrected chi connectivity index (χ2v) is 2.77. The Kier molecular flexibility index (Phi) is 1.89. The Morgan fingerprint density at radius 2 is 1.92 bits per heavy atom. The van der Waals surface area contributed by atoms with Crippen LogP contribution < -0.4 is 0 Å². The number of hydrogen-bond acceptors (Lipinski definition) is 2. The highest BCUT2D eigenvalue weighted by Crippen LogP contribution is 2.13. The van der Waals surface area contributed by atoms with Gasteiger partial charge in [-0.15, -0.1) is 0 Å². The molecule has 0 spiro atoms. The van der Waals surface area contributed by atoms with Gasteiger partial charge in [-0.05, 0) is 6.07 Å². The monoisotopic (exact) mass is 169 g/mol. The predicted molar refractivity (Wildman–Crippen MR) is 49.8 cm³/mol. The number of aromatic nitrogens is 2. The van der Waals surface area contributed by atoms with Gasteiger partial charge >= 0.3 is 0 Å². The average molecular weight is 169 g/mol. The van der Waals surface area contributed by atoms with Crippen LogP contribution in [0.25, 0.3) is 15.6 Å². The molecule has 0 bridgehead atoms. The Morgan fingerprint density at radius 3 is 2.69 bits per heavy atom. The molecule has 0 saturated carbocycles. The summed E-state index contributed by atoms with van der Waals surface area (Å²) in [4.78, 5) is 3.33. The van der Waals surface area contributed by atoms with Gasteiger partial charge in [0, 0.05) is 16.3 Å². The third kappa shape index (κ3) is 1.47. The highest BCUT2D eigenvalue weighted by Gasteiger charge is 1.97. The molecule has 1 heterocycles. The molecule has 3 nitrogen and oxygen atoms in total. The average Bonchev–Trinajstić information content (AvgIpc) is 2.18. The first-order chi connectivity index (χ1) is 6.40. The molecule has 0 radical (unpaired) electrons. The zero-order chi connectivity index (χ0) is 9.10. The van der Waals surface area contributed by atoms with E-state index in [1.165, 1.54) is 0 Å². The van der Waals surface area contributed by atoms with Crippen molar-refractivity contribution < 1.29 is 0 Å². The third-order valence-electron chi connectivity index (χ3n) is 1.87. The fourth-order valence-electron chi connectivity index (χ4n) is 1.23. The van der Waals surface area contributed by atoms with Crippen LogP contribution in [0, 0.1) is 6.57 Å². The topological polar surface area (TPSA) is 30.1 Å². The maximum atomic E-state index is 6.75. The summed E-state index contributed by atoms with van der Waals surface area (Å²) < 4.78 is 0. The quantitative estimate of drug-likeness (QED) is 0.611. The van der Waals surface area contributed by atoms with Gasteiger partial charge in [0.1, 0.15) is 0 Å². The fraction of sp³-hybridized carbons (Fsp3) is 0.100. The summed E-state index contributed by atoms with van der Waals surface area (Å²) >= 11 is 0. The molecule has 1 aromatic heterocycles. The van der Waals surface area contributed by atoms with Crippen molar-refractivity contribution >= 4 is 10.8 Å². The summed E-state index contributed by atoms with van der Waals surface area (Å²) in [6, 6.07) is 5.88. The number of hydrogen-bond donors (Lipinski definition) is 0. The van der Waals surface area contributed by atoms with Crippen LogP contribution in [0.4, 0.5) is 0 Å². The van der Waals surface area contributed by atoms with Crippen molar-refractivity contribution in [2.24, 2.45) is 0 Å². The minimum atomic E-state index is 0.429. The van der Waals surface area contributed by atoms with Gasteiger partial charge in [-0.1, -0.05) is 12.1 Å². The molecule has 2 aromatic rings. The smallest absolute Gasteiger partial charge is 0.239 e. The number of benzene rings is 1. The van der Waals surface area contributed by atoms with Crippen LogP contribution in [-0.4, -0.2) is 10.2 Å². The number of fused-ring (bicyclic) bond motifs is 1. The molecule has 0 aliphatic heterocycles. The molecule has 62 valence electrons. The second-order valence-electron chi connectivity index (χ2n) is 2.77. The summed E-state index contributed by atoms with van der Waals surface area (Å²) in [5.74, 6) is 0. The molecule has 0 saturated heterocycles. The molecule has 0 atom stereocenters. The molecule has 0 fully saturated rings. The van der Waals surface area contributed by atoms with Crippen molar-refractivity contribution in [3.8, 4) is 0 Å². The molecule has 0 aliphatic carbocycles. The molecular formula is C10H7N3. The first-order valence-corrected chi connectivity index (χ1v) is 3.93. The van der Waals surface area contributed by atoms with Gasteiger partial charge < -0.3 is 4.85 Å². The molecule has 1 aromatic carbocycles. The van der Waals surface area contributed by atoms with Gasteiger partial charge in [-0.2, -0.15) is 10.2 Å². The molecule has 0 amide bonds. The van der Waals surface area contributed by atoms with Crippen molar-refractivity contribution in [1.29, 1.82) is 0 Å². The van der Waals surface area contributed by atoms with E-state index < -0.39 is 0 Å². The van der Waals surface area contributed by atoms with Crippen molar-refractivity contribution in [2.75, 3.05) is 0 Å². The fourth-order valence-corrected chi connectivity index (χ4v) is 1.23. The Bertz CT molecular complexity index is 471. The summed E-state index contributed by atoms with van der Waals surface area (Å²) in [5.41, 5.74) is 1.02. The predicted octanol–water partition coefficient (Wildman–Crippen LogP) is 2.05. The SMILES string of the molecule is [C-]#[N+]Cc1ccc2cnncc2c1. The second kappa shape index (κ2) is 3.20. The lowest BCUT2D eigenvalue weighted by Crippen LogP contribution is -1.83. The van der Waals surface area contributed by atoms with Crippen LogP contribution in [0.2, 0.25) is 0 Å². The van der Waals surface area contributed by atoms with E-state index in [0.717, 1.165) is 16.3 Å². The van der Waals surface area contributed by atoms with Crippen LogP contribution in [0.15, 0.2) is 30.6 Å². The Morgan fingerprint density at radius 1 is 1.15 bits per heavy atom. The van der Waals surface area contributed by atoms with Gasteiger partial charge in [0.15, 0.2) is 0 Å². The van der Waals surface area contributed by atoms with Crippen LogP contribution >= 0.6 is 0 Å². The van der Waals surface area contributed by atoms with Crippen molar-refractivity contribution in [1.82, 2.24) is 10.2 Å². The highest BCUT2D eigenvalue weighted by molar-refractivity contribution is 5.81. The van der Waals surface area contributed by atoms with Gasteiger partial charge in [0.05, 0.1) is 12.4 Å². The first kappa shape index (κ1) is 7.69. The lowest BCUT2D eigenvalue weighted by atomic mass is 10.1. The van der Waals surface area contributed by atoms with E-state index in [9.17, 15) is 0 Å². The summed E-state index contributed by atoms with van der Waals surface area (Å²) in [6.07, 6.45) is 3.43. The van der Waals surface area contributed by atoms with Crippen LogP contribution in [0.1, 0.15) is 5.56 Å². The maximum absolute atomic E-state index is 6.75. The van der Waals surface area contributed by atoms with E-state index in [2.05, 4.69) is 15.0 Å². The lowest BCUT2D eigenvalue weighted by molar-refractivity contribution is 1.05. The summed E-state index contributed by atoms with van der Waals surface area (Å²) in [5, 5.41) is 9.66. The van der Waals surface area contributed by atoms with Gasteiger partial charge in [-0.25, -0.2) is 6.57 Å². The Labute approximate surface area is 75.9 Å². The highest BCUT2D eigenvalue weighted by atomic mass is 15.1. The lowest BCUT2D eigenvalue weighted by Gasteiger charge is -1.96. The largest absolute Gasteiger partial charge is 0.312 e. The number of rotatable bonds is 1. The van der Waals surface area contributed by atoms with E-state index in [1.807, 2.05) is 18.2 Å². The standard InChI is InChI=1S/C10H7N3/c1-11-5-8-2-3-9-6-12-13-7-10(9)4-8/h2-4,6-7H,5H2. The number of nitrogens with zero attached hydrogens (tertiary/aromatic N) is 3. The molecular weight excluding hydrogens is 162 g/mol. The zero-order valence-corrected chi connectivity index (χ0v) is 6.94. The van der Waals surface area contributed by atoms with E-state index in [-0.39, 0.29) is 0 Å². The van der Waals surface area contributed by atoms with E-state index >= 15 is 0 Å². The third-order valence-corrected chi connectivity index (χ3v) is 1.87. The van der Waals surface area contributed by atoms with Crippen molar-refractivity contribution in [3.05, 3.63) is 47.6 Å². The first-order valence-electron chi connectivity index (χ1n) is 3.93. The van der Waals surface area contributed by atoms with Gasteiger partial charge in [0.25, 0.3) is 0 Å². The molecule has 13 heavy (non-hydrogen) atoms.